The highest BCUT2D eigenvalue weighted by Crippen LogP contribution is 2.36. The van der Waals surface area contributed by atoms with E-state index < -0.39 is 46.8 Å². The highest BCUT2D eigenvalue weighted by atomic mass is 16.6. The van der Waals surface area contributed by atoms with E-state index in [9.17, 15) is 24.0 Å². The number of benzene rings is 1. The molecule has 0 saturated carbocycles. The lowest BCUT2D eigenvalue weighted by molar-refractivity contribution is 0.00681. The molecule has 0 saturated heterocycles. The Kier molecular flexibility index (Phi) is 13.7. The minimum absolute atomic E-state index is 0.0268. The van der Waals surface area contributed by atoms with E-state index in [0.717, 1.165) is 12.8 Å². The van der Waals surface area contributed by atoms with Crippen LogP contribution in [0.25, 0.3) is 0 Å². The topological polar surface area (TPSA) is 175 Å². The molecule has 0 aliphatic carbocycles. The molecular weight excluding hydrogens is 604 g/mol. The molecule has 1 heterocycles. The Morgan fingerprint density at radius 2 is 1.26 bits per heavy atom. The van der Waals surface area contributed by atoms with Gasteiger partial charge in [0, 0.05) is 12.6 Å². The number of nitrogens with one attached hydrogen (secondary N) is 3. The molecule has 12 nitrogen and oxygen atoms in total. The Hall–Kier alpha value is -3.83. The number of hydrogen-bond donors (Lipinski definition) is 4. The molecule has 1 unspecified atom stereocenters. The molecule has 5 N–H and O–H groups in total. The van der Waals surface area contributed by atoms with E-state index in [2.05, 4.69) is 16.0 Å². The van der Waals surface area contributed by atoms with Crippen LogP contribution in [0.5, 0.6) is 0 Å². The van der Waals surface area contributed by atoms with Crippen molar-refractivity contribution in [3.8, 4) is 0 Å². The number of esters is 1. The van der Waals surface area contributed by atoms with Gasteiger partial charge in [-0.3, -0.25) is 14.9 Å². The fraction of sp³-hybridized carbons (Fsp3) is 0.686. The third kappa shape index (κ3) is 12.7. The van der Waals surface area contributed by atoms with Crippen LogP contribution < -0.4 is 21.7 Å². The maximum atomic E-state index is 13.4. The minimum Gasteiger partial charge on any atom is -0.456 e. The normalized spacial score (nSPS) is 13.8. The predicted octanol–water partition coefficient (Wildman–Crippen LogP) is 6.36. The molecule has 4 amide bonds. The molecule has 12 heteroatoms. The fourth-order valence-corrected chi connectivity index (χ4v) is 5.35. The van der Waals surface area contributed by atoms with Crippen molar-refractivity contribution in [1.82, 2.24) is 16.0 Å². The van der Waals surface area contributed by atoms with E-state index in [1.807, 2.05) is 6.92 Å². The number of nitrogen functional groups attached to an aromatic ring is 1. The molecule has 0 radical (unpaired) electrons. The van der Waals surface area contributed by atoms with Crippen LogP contribution in [0.15, 0.2) is 0 Å². The predicted molar refractivity (Wildman–Crippen MR) is 181 cm³/mol. The van der Waals surface area contributed by atoms with Crippen molar-refractivity contribution < 1.29 is 38.2 Å². The number of fused-ring (bicyclic) bond motifs is 1. The van der Waals surface area contributed by atoms with Gasteiger partial charge in [0.05, 0.1) is 22.4 Å². The molecule has 0 bridgehead atoms. The van der Waals surface area contributed by atoms with Crippen molar-refractivity contribution >= 4 is 35.7 Å². The summed E-state index contributed by atoms with van der Waals surface area (Å²) in [7, 11) is 0. The van der Waals surface area contributed by atoms with Crippen molar-refractivity contribution in [2.75, 3.05) is 12.3 Å². The Bertz CT molecular complexity index is 1320. The maximum absolute atomic E-state index is 13.4. The second-order valence-electron chi connectivity index (χ2n) is 15.0. The van der Waals surface area contributed by atoms with Gasteiger partial charge >= 0.3 is 18.2 Å². The van der Waals surface area contributed by atoms with Crippen molar-refractivity contribution in [1.29, 1.82) is 0 Å². The maximum Gasteiger partial charge on any atom is 0.407 e. The zero-order valence-corrected chi connectivity index (χ0v) is 30.0. The van der Waals surface area contributed by atoms with E-state index in [4.69, 9.17) is 19.9 Å². The molecule has 0 aromatic heterocycles. The molecule has 1 aromatic carbocycles. The zero-order chi connectivity index (χ0) is 35.7. The van der Waals surface area contributed by atoms with Gasteiger partial charge in [0.1, 0.15) is 16.8 Å². The fourth-order valence-electron chi connectivity index (χ4n) is 5.35. The van der Waals surface area contributed by atoms with Gasteiger partial charge in [-0.1, -0.05) is 13.3 Å². The molecule has 1 atom stereocenters. The van der Waals surface area contributed by atoms with Crippen LogP contribution in [-0.2, 0) is 27.1 Å². The molecule has 47 heavy (non-hydrogen) atoms. The Morgan fingerprint density at radius 3 is 1.83 bits per heavy atom. The number of hydrogen-bond acceptors (Lipinski definition) is 9. The highest BCUT2D eigenvalue weighted by Gasteiger charge is 2.39. The van der Waals surface area contributed by atoms with Gasteiger partial charge in [-0.25, -0.2) is 14.4 Å². The average molecular weight is 661 g/mol. The van der Waals surface area contributed by atoms with Crippen molar-refractivity contribution in [3.63, 3.8) is 0 Å². The van der Waals surface area contributed by atoms with Crippen LogP contribution in [0.1, 0.15) is 156 Å². The summed E-state index contributed by atoms with van der Waals surface area (Å²) in [6.45, 7) is 18.4. The summed E-state index contributed by atoms with van der Waals surface area (Å²) in [5.41, 5.74) is 6.09. The Labute approximate surface area is 279 Å². The van der Waals surface area contributed by atoms with E-state index in [-0.39, 0.29) is 28.4 Å². The van der Waals surface area contributed by atoms with Crippen LogP contribution in [0, 0.1) is 0 Å². The molecule has 1 aromatic rings. The van der Waals surface area contributed by atoms with Gasteiger partial charge in [0.25, 0.3) is 11.8 Å². The van der Waals surface area contributed by atoms with E-state index in [1.165, 1.54) is 0 Å². The number of carbonyl (C=O) groups is 5. The van der Waals surface area contributed by atoms with Crippen LogP contribution >= 0.6 is 0 Å². The molecule has 1 aliphatic rings. The summed E-state index contributed by atoms with van der Waals surface area (Å²) < 4.78 is 16.4. The lowest BCUT2D eigenvalue weighted by Gasteiger charge is -2.25. The van der Waals surface area contributed by atoms with Crippen LogP contribution in [0.4, 0.5) is 15.3 Å². The number of nitrogens with two attached hydrogens (primary N) is 1. The quantitative estimate of drug-likeness (QED) is 0.0582. The molecule has 1 aliphatic heterocycles. The third-order valence-electron chi connectivity index (χ3n) is 7.17. The first-order valence-electron chi connectivity index (χ1n) is 16.7. The summed E-state index contributed by atoms with van der Waals surface area (Å²) in [6, 6.07) is -0.253. The second-order valence-corrected chi connectivity index (χ2v) is 15.0. The molecule has 0 fully saturated rings. The smallest absolute Gasteiger partial charge is 0.407 e. The second kappa shape index (κ2) is 16.3. The molecule has 0 spiro atoms. The average Bonchev–Trinajstić information content (AvgIpc) is 3.17. The summed E-state index contributed by atoms with van der Waals surface area (Å²) in [5, 5.41) is 8.07. The van der Waals surface area contributed by atoms with Crippen molar-refractivity contribution in [2.24, 2.45) is 0 Å². The Morgan fingerprint density at radius 1 is 0.723 bits per heavy atom. The van der Waals surface area contributed by atoms with Gasteiger partial charge in [-0.2, -0.15) is 0 Å². The van der Waals surface area contributed by atoms with Crippen LogP contribution in [0.3, 0.4) is 0 Å². The van der Waals surface area contributed by atoms with E-state index in [1.54, 1.807) is 62.3 Å². The largest absolute Gasteiger partial charge is 0.456 e. The number of ether oxygens (including phenoxy) is 3. The number of unbranched alkanes of at least 4 members (excludes halogenated alkanes) is 2. The van der Waals surface area contributed by atoms with Gasteiger partial charge in [0.15, 0.2) is 0 Å². The SMILES string of the molecule is CCCCc1c(CCCC(CCCCNC(=O)OC(C)(C)C)NC(=O)OC(C)(C)C)c(N)c(C(=O)OC(C)(C)C)c2c1C(=O)NC2=O. The summed E-state index contributed by atoms with van der Waals surface area (Å²) in [6.07, 6.45) is 4.63. The van der Waals surface area contributed by atoms with Crippen LogP contribution in [-0.4, -0.2) is 59.4 Å². The standard InChI is InChI=1S/C35H56N4O8/c1-11-12-18-22-23(27(36)26(30(42)45-33(2,3)4)25-24(22)28(40)39-29(25)41)19-15-17-21(38-32(44)47-35(8,9)10)16-13-14-20-37-31(43)46-34(5,6)7/h21H,11-20,36H2,1-10H3,(H,37,43)(H,38,44)(H,39,40,41). The molecular formula is C35H56N4O8. The lowest BCUT2D eigenvalue weighted by Crippen LogP contribution is -2.39. The Balaban J connectivity index is 2.31. The van der Waals surface area contributed by atoms with Gasteiger partial charge in [0.2, 0.25) is 0 Å². The lowest BCUT2D eigenvalue weighted by atomic mass is 9.85. The number of rotatable bonds is 14. The van der Waals surface area contributed by atoms with Gasteiger partial charge in [-0.15, -0.1) is 0 Å². The van der Waals surface area contributed by atoms with E-state index >= 15 is 0 Å². The number of amides is 4. The summed E-state index contributed by atoms with van der Waals surface area (Å²) in [4.78, 5) is 64.1. The minimum atomic E-state index is -0.848. The summed E-state index contributed by atoms with van der Waals surface area (Å²) in [5.74, 6) is -1.97. The monoisotopic (exact) mass is 660 g/mol. The number of carbonyl (C=O) groups excluding carboxylic acids is 5. The molecule has 264 valence electrons. The van der Waals surface area contributed by atoms with Gasteiger partial charge < -0.3 is 30.6 Å². The van der Waals surface area contributed by atoms with Crippen molar-refractivity contribution in [3.05, 3.63) is 27.8 Å². The number of imide groups is 1. The first kappa shape index (κ1) is 39.3. The zero-order valence-electron chi connectivity index (χ0n) is 30.0. The van der Waals surface area contributed by atoms with Gasteiger partial charge in [-0.05, 0) is 125 Å². The van der Waals surface area contributed by atoms with Crippen LogP contribution in [0.2, 0.25) is 0 Å². The third-order valence-corrected chi connectivity index (χ3v) is 7.17. The first-order valence-corrected chi connectivity index (χ1v) is 16.7. The molecule has 2 rings (SSSR count). The van der Waals surface area contributed by atoms with E-state index in [0.29, 0.717) is 62.6 Å². The highest BCUT2D eigenvalue weighted by molar-refractivity contribution is 6.26. The number of anilines is 1. The van der Waals surface area contributed by atoms with Crippen molar-refractivity contribution in [2.45, 2.75) is 150 Å². The number of alkyl carbamates (subject to hydrolysis) is 2. The first-order chi connectivity index (χ1) is 21.6. The summed E-state index contributed by atoms with van der Waals surface area (Å²) >= 11 is 0.